The van der Waals surface area contributed by atoms with Gasteiger partial charge in [-0.2, -0.15) is 0 Å². The molecular weight excluding hydrogens is 200 g/mol. The van der Waals surface area contributed by atoms with E-state index in [9.17, 15) is 10.4 Å². The second-order valence-corrected chi connectivity index (χ2v) is 2.85. The van der Waals surface area contributed by atoms with Gasteiger partial charge in [-0.3, -0.25) is 5.73 Å². The highest BCUT2D eigenvalue weighted by atomic mass is 16.5. The summed E-state index contributed by atoms with van der Waals surface area (Å²) in [6.07, 6.45) is 0. The van der Waals surface area contributed by atoms with E-state index in [1.807, 2.05) is 0 Å². The van der Waals surface area contributed by atoms with Gasteiger partial charge in [-0.25, -0.2) is 4.73 Å². The molecule has 0 bridgehead atoms. The molecule has 0 radical (unpaired) electrons. The van der Waals surface area contributed by atoms with Crippen molar-refractivity contribution < 1.29 is 14.3 Å². The van der Waals surface area contributed by atoms with Crippen LogP contribution in [0.4, 0.5) is 5.95 Å². The summed E-state index contributed by atoms with van der Waals surface area (Å²) in [5.41, 5.74) is 5.45. The maximum Gasteiger partial charge on any atom is 0.458 e. The first-order valence-electron chi connectivity index (χ1n) is 4.10. The molecule has 78 valence electrons. The summed E-state index contributed by atoms with van der Waals surface area (Å²) in [6, 6.07) is 4.62. The van der Waals surface area contributed by atoms with E-state index in [0.29, 0.717) is 9.58 Å². The Hall–Kier alpha value is -2.31. The first kappa shape index (κ1) is 9.25. The van der Waals surface area contributed by atoms with Crippen LogP contribution in [-0.2, 0) is 0 Å². The number of aromatic nitrogens is 3. The number of nitrogen functional groups attached to an aromatic ring is 1. The van der Waals surface area contributed by atoms with Crippen molar-refractivity contribution in [1.82, 2.24) is 5.10 Å². The molecule has 0 aliphatic rings. The normalized spacial score (nSPS) is 10.5. The van der Waals surface area contributed by atoms with E-state index in [1.54, 1.807) is 12.1 Å². The molecule has 0 aliphatic carbocycles. The Morgan fingerprint density at radius 3 is 2.80 bits per heavy atom. The van der Waals surface area contributed by atoms with Crippen molar-refractivity contribution in [2.75, 3.05) is 12.8 Å². The number of fused-ring (bicyclic) bond motifs is 1. The highest BCUT2D eigenvalue weighted by Crippen LogP contribution is 2.19. The van der Waals surface area contributed by atoms with Crippen molar-refractivity contribution >= 4 is 17.0 Å². The molecule has 0 saturated heterocycles. The fraction of sp³-hybridized carbons (Fsp3) is 0.125. The van der Waals surface area contributed by atoms with Crippen molar-refractivity contribution in [2.24, 2.45) is 0 Å². The number of anilines is 1. The summed E-state index contributed by atoms with van der Waals surface area (Å²) in [4.78, 5) is 0.293. The summed E-state index contributed by atoms with van der Waals surface area (Å²) >= 11 is 0. The van der Waals surface area contributed by atoms with Crippen LogP contribution in [-0.4, -0.2) is 12.2 Å². The van der Waals surface area contributed by atoms with Gasteiger partial charge in [0.15, 0.2) is 5.75 Å². The third-order valence-electron chi connectivity index (χ3n) is 2.01. The molecule has 0 amide bonds. The molecule has 0 spiro atoms. The van der Waals surface area contributed by atoms with Gasteiger partial charge in [-0.05, 0) is 6.07 Å². The predicted molar refractivity (Wildman–Crippen MR) is 50.6 cm³/mol. The lowest BCUT2D eigenvalue weighted by molar-refractivity contribution is -0.672. The summed E-state index contributed by atoms with van der Waals surface area (Å²) in [6.45, 7) is 0. The number of benzene rings is 1. The van der Waals surface area contributed by atoms with Crippen LogP contribution in [0.2, 0.25) is 0 Å². The van der Waals surface area contributed by atoms with Gasteiger partial charge in [0.1, 0.15) is 0 Å². The van der Waals surface area contributed by atoms with Crippen molar-refractivity contribution in [3.8, 4) is 5.75 Å². The van der Waals surface area contributed by atoms with E-state index in [0.717, 1.165) is 0 Å². The average molecular weight is 208 g/mol. The molecule has 0 unspecified atom stereocenters. The van der Waals surface area contributed by atoms with Gasteiger partial charge < -0.3 is 15.2 Å². The first-order valence-corrected chi connectivity index (χ1v) is 4.10. The van der Waals surface area contributed by atoms with Crippen molar-refractivity contribution in [1.29, 1.82) is 0 Å². The highest BCUT2D eigenvalue weighted by molar-refractivity contribution is 5.75. The molecule has 1 aromatic heterocycles. The number of nitrogens with two attached hydrogens (primary N) is 1. The minimum absolute atomic E-state index is 0.0718. The number of hydrogen-bond donors (Lipinski definition) is 1. The van der Waals surface area contributed by atoms with Gasteiger partial charge in [0, 0.05) is 10.9 Å². The smallest absolute Gasteiger partial charge is 0.458 e. The van der Waals surface area contributed by atoms with Crippen LogP contribution in [0.3, 0.4) is 0 Å². The summed E-state index contributed by atoms with van der Waals surface area (Å²) < 4.78 is 5.33. The van der Waals surface area contributed by atoms with E-state index in [2.05, 4.69) is 5.10 Å². The molecule has 0 aliphatic heterocycles. The molecule has 1 aromatic carbocycles. The van der Waals surface area contributed by atoms with Crippen LogP contribution in [0, 0.1) is 10.4 Å². The lowest BCUT2D eigenvalue weighted by Crippen LogP contribution is -2.44. The zero-order chi connectivity index (χ0) is 11.0. The van der Waals surface area contributed by atoms with Crippen LogP contribution in [0.5, 0.6) is 5.75 Å². The Bertz CT molecular complexity index is 529. The molecule has 7 heteroatoms. The minimum atomic E-state index is -0.415. The van der Waals surface area contributed by atoms with Gasteiger partial charge in [0.05, 0.1) is 7.11 Å². The number of methoxy groups -OCH3 is 1. The Labute approximate surface area is 84.5 Å². The molecule has 0 saturated carbocycles. The lowest BCUT2D eigenvalue weighted by Gasteiger charge is -2.09. The zero-order valence-electron chi connectivity index (χ0n) is 7.88. The van der Waals surface area contributed by atoms with Crippen molar-refractivity contribution in [2.45, 2.75) is 0 Å². The van der Waals surface area contributed by atoms with Crippen LogP contribution in [0.1, 0.15) is 0 Å². The van der Waals surface area contributed by atoms with E-state index in [-0.39, 0.29) is 16.8 Å². The Kier molecular flexibility index (Phi) is 1.93. The molecule has 2 rings (SSSR count). The molecule has 1 heterocycles. The van der Waals surface area contributed by atoms with E-state index >= 15 is 0 Å². The fourth-order valence-electron chi connectivity index (χ4n) is 1.34. The molecular formula is C8H8N4O3. The molecule has 7 nitrogen and oxygen atoms in total. The summed E-state index contributed by atoms with van der Waals surface area (Å²) in [7, 11) is 1.40. The number of ether oxygens (including phenoxy) is 1. The zero-order valence-corrected chi connectivity index (χ0v) is 7.88. The number of hydrogen-bond acceptors (Lipinski definition) is 5. The van der Waals surface area contributed by atoms with Crippen molar-refractivity contribution in [3.05, 3.63) is 28.6 Å². The van der Waals surface area contributed by atoms with Crippen LogP contribution >= 0.6 is 0 Å². The Balaban J connectivity index is 2.96. The predicted octanol–water partition coefficient (Wildman–Crippen LogP) is -0.908. The standard InChI is InChI=1S/C8H8N4O3/c1-15-6-4-2-3-5-7(6)11(13)8(9)10-12(5)14/h2-4H,1H3,(H2,9,10). The molecule has 2 N–H and O–H groups in total. The molecule has 0 fully saturated rings. The number of para-hydroxylation sites is 1. The minimum Gasteiger partial charge on any atom is -0.739 e. The SMILES string of the molecule is COc1cccc2c1[n+]([O-])c(N)n[n+]2[O-]. The van der Waals surface area contributed by atoms with Gasteiger partial charge in [-0.1, -0.05) is 6.07 Å². The third kappa shape index (κ3) is 1.25. The summed E-state index contributed by atoms with van der Waals surface area (Å²) in [5.74, 6) is -0.136. The molecule has 15 heavy (non-hydrogen) atoms. The lowest BCUT2D eigenvalue weighted by atomic mass is 10.3. The second kappa shape index (κ2) is 3.12. The third-order valence-corrected chi connectivity index (χ3v) is 2.01. The van der Waals surface area contributed by atoms with Crippen LogP contribution < -0.4 is 20.0 Å². The maximum absolute atomic E-state index is 11.6. The van der Waals surface area contributed by atoms with Crippen molar-refractivity contribution in [3.63, 3.8) is 0 Å². The maximum atomic E-state index is 11.6. The van der Waals surface area contributed by atoms with E-state index < -0.39 is 5.95 Å². The fourth-order valence-corrected chi connectivity index (χ4v) is 1.34. The highest BCUT2D eigenvalue weighted by Gasteiger charge is 2.20. The topological polar surface area (TPSA) is 102 Å². The average Bonchev–Trinajstić information content (AvgIpc) is 2.25. The quantitative estimate of drug-likeness (QED) is 0.483. The van der Waals surface area contributed by atoms with Gasteiger partial charge in [0.25, 0.3) is 0 Å². The number of nitrogens with zero attached hydrogens (tertiary/aromatic N) is 3. The van der Waals surface area contributed by atoms with Gasteiger partial charge in [0.2, 0.25) is 10.6 Å². The molecule has 2 aromatic rings. The second-order valence-electron chi connectivity index (χ2n) is 2.85. The van der Waals surface area contributed by atoms with E-state index in [1.165, 1.54) is 13.2 Å². The van der Waals surface area contributed by atoms with Crippen LogP contribution in [0.25, 0.3) is 11.0 Å². The molecule has 0 atom stereocenters. The summed E-state index contributed by atoms with van der Waals surface area (Å²) in [5, 5.41) is 26.2. The van der Waals surface area contributed by atoms with Gasteiger partial charge in [-0.15, -0.1) is 0 Å². The number of rotatable bonds is 1. The van der Waals surface area contributed by atoms with Gasteiger partial charge >= 0.3 is 11.5 Å². The largest absolute Gasteiger partial charge is 0.739 e. The Morgan fingerprint density at radius 1 is 1.40 bits per heavy atom. The van der Waals surface area contributed by atoms with Crippen LogP contribution in [0.15, 0.2) is 18.2 Å². The Morgan fingerprint density at radius 2 is 2.13 bits per heavy atom. The monoisotopic (exact) mass is 208 g/mol. The first-order chi connectivity index (χ1) is 7.15. The van der Waals surface area contributed by atoms with E-state index in [4.69, 9.17) is 10.5 Å².